The van der Waals surface area contributed by atoms with Crippen molar-refractivity contribution in [1.29, 1.82) is 0 Å². The maximum atomic E-state index is 12.4. The van der Waals surface area contributed by atoms with Gasteiger partial charge in [0.15, 0.2) is 11.8 Å². The van der Waals surface area contributed by atoms with Crippen molar-refractivity contribution in [3.8, 4) is 5.75 Å². The third-order valence-corrected chi connectivity index (χ3v) is 3.78. The van der Waals surface area contributed by atoms with Gasteiger partial charge in [-0.25, -0.2) is 4.79 Å². The van der Waals surface area contributed by atoms with Crippen molar-refractivity contribution < 1.29 is 19.1 Å². The zero-order chi connectivity index (χ0) is 17.9. The van der Waals surface area contributed by atoms with Crippen molar-refractivity contribution in [2.75, 3.05) is 12.4 Å². The number of aromatic nitrogens is 2. The SMILES string of the molecule is COC(=O)c1nn(C)c(C)c1NC(=O)C(C)Oc1ccccc1Cl. The van der Waals surface area contributed by atoms with Gasteiger partial charge in [0.25, 0.3) is 5.91 Å². The summed E-state index contributed by atoms with van der Waals surface area (Å²) in [5.74, 6) is -0.664. The fourth-order valence-electron chi connectivity index (χ4n) is 2.01. The van der Waals surface area contributed by atoms with Crippen molar-refractivity contribution >= 4 is 29.2 Å². The third kappa shape index (κ3) is 3.68. The number of aryl methyl sites for hydroxylation is 1. The Morgan fingerprint density at radius 3 is 2.62 bits per heavy atom. The van der Waals surface area contributed by atoms with Crippen LogP contribution >= 0.6 is 11.6 Å². The topological polar surface area (TPSA) is 82.5 Å². The lowest BCUT2D eigenvalue weighted by molar-refractivity contribution is -0.122. The second-order valence-electron chi connectivity index (χ2n) is 5.10. The molecule has 1 heterocycles. The molecular formula is C16H18ClN3O4. The van der Waals surface area contributed by atoms with Gasteiger partial charge in [-0.05, 0) is 26.0 Å². The molecule has 0 saturated carbocycles. The first kappa shape index (κ1) is 17.8. The zero-order valence-corrected chi connectivity index (χ0v) is 14.5. The van der Waals surface area contributed by atoms with Crippen LogP contribution in [0, 0.1) is 6.92 Å². The molecule has 0 radical (unpaired) electrons. The molecule has 0 aliphatic rings. The lowest BCUT2D eigenvalue weighted by Crippen LogP contribution is -2.31. The maximum Gasteiger partial charge on any atom is 0.360 e. The minimum absolute atomic E-state index is 0.0378. The summed E-state index contributed by atoms with van der Waals surface area (Å²) >= 11 is 6.02. The predicted octanol–water partition coefficient (Wildman–Crippen LogP) is 2.57. The number of nitrogens with zero attached hydrogens (tertiary/aromatic N) is 2. The smallest absolute Gasteiger partial charge is 0.360 e. The quantitative estimate of drug-likeness (QED) is 0.837. The number of rotatable bonds is 5. The number of para-hydroxylation sites is 1. The van der Waals surface area contributed by atoms with Crippen molar-refractivity contribution in [1.82, 2.24) is 9.78 Å². The third-order valence-electron chi connectivity index (χ3n) is 3.47. The molecular weight excluding hydrogens is 334 g/mol. The Labute approximate surface area is 144 Å². The molecule has 1 amide bonds. The fraction of sp³-hybridized carbons (Fsp3) is 0.312. The van der Waals surface area contributed by atoms with E-state index in [1.807, 2.05) is 0 Å². The van der Waals surface area contributed by atoms with Crippen molar-refractivity contribution in [2.24, 2.45) is 7.05 Å². The van der Waals surface area contributed by atoms with E-state index in [1.54, 1.807) is 45.2 Å². The molecule has 0 spiro atoms. The number of carbonyl (C=O) groups excluding carboxylic acids is 2. The predicted molar refractivity (Wildman–Crippen MR) is 89.5 cm³/mol. The number of methoxy groups -OCH3 is 1. The Hall–Kier alpha value is -2.54. The first-order chi connectivity index (χ1) is 11.3. The monoisotopic (exact) mass is 351 g/mol. The van der Waals surface area contributed by atoms with E-state index in [0.29, 0.717) is 22.2 Å². The second kappa shape index (κ2) is 7.35. The van der Waals surface area contributed by atoms with Crippen molar-refractivity contribution in [3.05, 3.63) is 40.7 Å². The second-order valence-corrected chi connectivity index (χ2v) is 5.51. The van der Waals surface area contributed by atoms with Crippen molar-refractivity contribution in [2.45, 2.75) is 20.0 Å². The van der Waals surface area contributed by atoms with Gasteiger partial charge in [0.05, 0.1) is 23.5 Å². The van der Waals surface area contributed by atoms with E-state index >= 15 is 0 Å². The van der Waals surface area contributed by atoms with Gasteiger partial charge >= 0.3 is 5.97 Å². The van der Waals surface area contributed by atoms with Gasteiger partial charge in [-0.3, -0.25) is 9.48 Å². The Balaban J connectivity index is 2.17. The van der Waals surface area contributed by atoms with Gasteiger partial charge in [0.1, 0.15) is 5.75 Å². The average Bonchev–Trinajstić information content (AvgIpc) is 2.84. The van der Waals surface area contributed by atoms with Crippen LogP contribution in [0.3, 0.4) is 0 Å². The molecule has 0 bridgehead atoms. The van der Waals surface area contributed by atoms with E-state index in [0.717, 1.165) is 0 Å². The molecule has 0 fully saturated rings. The number of ether oxygens (including phenoxy) is 2. The van der Waals surface area contributed by atoms with Gasteiger partial charge in [0.2, 0.25) is 0 Å². The molecule has 1 N–H and O–H groups in total. The lowest BCUT2D eigenvalue weighted by Gasteiger charge is -2.15. The molecule has 128 valence electrons. The molecule has 1 unspecified atom stereocenters. The Bertz CT molecular complexity index is 773. The van der Waals surface area contributed by atoms with Gasteiger partial charge in [-0.2, -0.15) is 5.10 Å². The normalized spacial score (nSPS) is 11.7. The maximum absolute atomic E-state index is 12.4. The molecule has 24 heavy (non-hydrogen) atoms. The van der Waals surface area contributed by atoms with Crippen LogP contribution in [0.5, 0.6) is 5.75 Å². The highest BCUT2D eigenvalue weighted by Crippen LogP contribution is 2.25. The summed E-state index contributed by atoms with van der Waals surface area (Å²) in [6.45, 7) is 3.32. The molecule has 7 nitrogen and oxygen atoms in total. The molecule has 2 rings (SSSR count). The van der Waals surface area contributed by atoms with Crippen LogP contribution in [0.15, 0.2) is 24.3 Å². The molecule has 0 saturated heterocycles. The number of carbonyl (C=O) groups is 2. The largest absolute Gasteiger partial charge is 0.479 e. The average molecular weight is 352 g/mol. The molecule has 1 aromatic heterocycles. The van der Waals surface area contributed by atoms with Gasteiger partial charge < -0.3 is 14.8 Å². The Morgan fingerprint density at radius 2 is 2.00 bits per heavy atom. The number of anilines is 1. The molecule has 0 aliphatic heterocycles. The standard InChI is InChI=1S/C16H18ClN3O4/c1-9-13(14(16(22)23-4)19-20(9)3)18-15(21)10(2)24-12-8-6-5-7-11(12)17/h5-8,10H,1-4H3,(H,18,21). The summed E-state index contributed by atoms with van der Waals surface area (Å²) in [6, 6.07) is 6.86. The highest BCUT2D eigenvalue weighted by atomic mass is 35.5. The van der Waals surface area contributed by atoms with Crippen LogP contribution in [0.4, 0.5) is 5.69 Å². The van der Waals surface area contributed by atoms with E-state index in [1.165, 1.54) is 11.8 Å². The summed E-state index contributed by atoms with van der Waals surface area (Å²) in [5, 5.41) is 7.13. The number of nitrogens with one attached hydrogen (secondary N) is 1. The van der Waals surface area contributed by atoms with Gasteiger partial charge in [0, 0.05) is 7.05 Å². The van der Waals surface area contributed by atoms with Crippen LogP contribution in [0.25, 0.3) is 0 Å². The van der Waals surface area contributed by atoms with E-state index in [2.05, 4.69) is 15.2 Å². The highest BCUT2D eigenvalue weighted by molar-refractivity contribution is 6.32. The van der Waals surface area contributed by atoms with Crippen LogP contribution in [0.1, 0.15) is 23.1 Å². The first-order valence-corrected chi connectivity index (χ1v) is 7.57. The van der Waals surface area contributed by atoms with E-state index in [4.69, 9.17) is 16.3 Å². The summed E-state index contributed by atoms with van der Waals surface area (Å²) < 4.78 is 11.7. The summed E-state index contributed by atoms with van der Waals surface area (Å²) in [7, 11) is 2.92. The van der Waals surface area contributed by atoms with Crippen molar-refractivity contribution in [3.63, 3.8) is 0 Å². The van der Waals surface area contributed by atoms with Crippen LogP contribution in [0.2, 0.25) is 5.02 Å². The molecule has 2 aromatic rings. The molecule has 1 atom stereocenters. The van der Waals surface area contributed by atoms with E-state index < -0.39 is 18.0 Å². The summed E-state index contributed by atoms with van der Waals surface area (Å²) in [5.41, 5.74) is 0.952. The zero-order valence-electron chi connectivity index (χ0n) is 13.8. The number of hydrogen-bond donors (Lipinski definition) is 1. The number of esters is 1. The summed E-state index contributed by atoms with van der Waals surface area (Å²) in [6.07, 6.45) is -0.824. The Kier molecular flexibility index (Phi) is 5.46. The fourth-order valence-corrected chi connectivity index (χ4v) is 2.19. The van der Waals surface area contributed by atoms with E-state index in [-0.39, 0.29) is 5.69 Å². The highest BCUT2D eigenvalue weighted by Gasteiger charge is 2.24. The van der Waals surface area contributed by atoms with E-state index in [9.17, 15) is 9.59 Å². The summed E-state index contributed by atoms with van der Waals surface area (Å²) in [4.78, 5) is 24.2. The minimum atomic E-state index is -0.824. The molecule has 1 aromatic carbocycles. The lowest BCUT2D eigenvalue weighted by atomic mass is 10.2. The number of halogens is 1. The minimum Gasteiger partial charge on any atom is -0.479 e. The number of amides is 1. The molecule has 0 aliphatic carbocycles. The number of hydrogen-bond acceptors (Lipinski definition) is 5. The van der Waals surface area contributed by atoms with Gasteiger partial charge in [-0.1, -0.05) is 23.7 Å². The Morgan fingerprint density at radius 1 is 1.33 bits per heavy atom. The number of benzene rings is 1. The molecule has 8 heteroatoms. The van der Waals surface area contributed by atoms with Crippen LogP contribution < -0.4 is 10.1 Å². The first-order valence-electron chi connectivity index (χ1n) is 7.19. The van der Waals surface area contributed by atoms with Crippen LogP contribution in [-0.2, 0) is 16.6 Å². The van der Waals surface area contributed by atoms with Crippen LogP contribution in [-0.4, -0.2) is 34.9 Å². The van der Waals surface area contributed by atoms with Gasteiger partial charge in [-0.15, -0.1) is 0 Å².